The fraction of sp³-hybridized carbons (Fsp3) is 0.467. The topological polar surface area (TPSA) is 66.4 Å². The van der Waals surface area contributed by atoms with E-state index in [2.05, 4.69) is 16.6 Å². The summed E-state index contributed by atoms with van der Waals surface area (Å²) in [6, 6.07) is 6.57. The van der Waals surface area contributed by atoms with Crippen LogP contribution in [0.3, 0.4) is 0 Å². The van der Waals surface area contributed by atoms with Gasteiger partial charge < -0.3 is 5.11 Å². The number of benzene rings is 1. The molecule has 0 unspecified atom stereocenters. The molecule has 0 spiro atoms. The predicted octanol–water partition coefficient (Wildman–Crippen LogP) is 1.64. The minimum absolute atomic E-state index is 0.148. The van der Waals surface area contributed by atoms with Crippen LogP contribution in [0.2, 0.25) is 0 Å². The van der Waals surface area contributed by atoms with Gasteiger partial charge in [0.1, 0.15) is 5.60 Å². The minimum Gasteiger partial charge on any atom is -0.378 e. The van der Waals surface area contributed by atoms with E-state index in [0.717, 1.165) is 19.3 Å². The van der Waals surface area contributed by atoms with Crippen molar-refractivity contribution in [2.24, 2.45) is 0 Å². The van der Waals surface area contributed by atoms with Gasteiger partial charge in [0.15, 0.2) is 0 Å². The van der Waals surface area contributed by atoms with Crippen LogP contribution in [0.5, 0.6) is 0 Å². The maximum Gasteiger partial charge on any atom is 0.241 e. The van der Waals surface area contributed by atoms with Crippen LogP contribution in [-0.4, -0.2) is 26.2 Å². The quantitative estimate of drug-likeness (QED) is 0.815. The lowest BCUT2D eigenvalue weighted by atomic mass is 9.85. The lowest BCUT2D eigenvalue weighted by Crippen LogP contribution is -2.29. The van der Waals surface area contributed by atoms with Crippen LogP contribution in [0.4, 0.5) is 0 Å². The zero-order valence-electron chi connectivity index (χ0n) is 11.5. The molecule has 1 aromatic rings. The highest BCUT2D eigenvalue weighted by molar-refractivity contribution is 7.89. The first-order chi connectivity index (χ1) is 9.47. The largest absolute Gasteiger partial charge is 0.378 e. The Labute approximate surface area is 120 Å². The number of rotatable bonds is 2. The Balaban J connectivity index is 2.36. The molecule has 1 fully saturated rings. The van der Waals surface area contributed by atoms with E-state index in [1.54, 1.807) is 18.2 Å². The van der Waals surface area contributed by atoms with Crippen molar-refractivity contribution in [1.82, 2.24) is 4.72 Å². The molecule has 2 N–H and O–H groups in total. The second-order valence-electron chi connectivity index (χ2n) is 5.05. The van der Waals surface area contributed by atoms with Crippen LogP contribution in [0.15, 0.2) is 29.2 Å². The summed E-state index contributed by atoms with van der Waals surface area (Å²) in [5.74, 6) is 5.71. The zero-order valence-corrected chi connectivity index (χ0v) is 12.3. The number of sulfonamides is 1. The van der Waals surface area contributed by atoms with Gasteiger partial charge in [-0.1, -0.05) is 30.4 Å². The summed E-state index contributed by atoms with van der Waals surface area (Å²) in [6.45, 7) is 0. The number of hydrogen-bond acceptors (Lipinski definition) is 3. The average Bonchev–Trinajstić information content (AvgIpc) is 2.46. The Hall–Kier alpha value is -1.35. The molecule has 1 aliphatic carbocycles. The van der Waals surface area contributed by atoms with Gasteiger partial charge in [-0.25, -0.2) is 13.1 Å². The van der Waals surface area contributed by atoms with Crippen LogP contribution < -0.4 is 4.72 Å². The van der Waals surface area contributed by atoms with E-state index in [1.807, 2.05) is 0 Å². The summed E-state index contributed by atoms with van der Waals surface area (Å²) >= 11 is 0. The molecule has 0 aromatic heterocycles. The molecule has 2 rings (SSSR count). The first-order valence-corrected chi connectivity index (χ1v) is 8.23. The minimum atomic E-state index is -3.54. The van der Waals surface area contributed by atoms with Gasteiger partial charge in [0.2, 0.25) is 10.0 Å². The summed E-state index contributed by atoms with van der Waals surface area (Å²) in [4.78, 5) is 0.148. The van der Waals surface area contributed by atoms with Crippen molar-refractivity contribution in [2.45, 2.75) is 42.6 Å². The zero-order chi connectivity index (χ0) is 14.6. The van der Waals surface area contributed by atoms with Gasteiger partial charge in [0.25, 0.3) is 0 Å². The Morgan fingerprint density at radius 1 is 1.20 bits per heavy atom. The third-order valence-electron chi connectivity index (χ3n) is 3.56. The highest BCUT2D eigenvalue weighted by Crippen LogP contribution is 2.27. The molecule has 0 heterocycles. The van der Waals surface area contributed by atoms with Gasteiger partial charge in [0.05, 0.1) is 4.90 Å². The summed E-state index contributed by atoms with van der Waals surface area (Å²) in [6.07, 6.45) is 4.35. The SMILES string of the molecule is CNS(=O)(=O)c1ccccc1C#CC1(O)CCCCC1. The molecule has 1 aromatic carbocycles. The second kappa shape index (κ2) is 5.96. The third-order valence-corrected chi connectivity index (χ3v) is 5.03. The van der Waals surface area contributed by atoms with Crippen molar-refractivity contribution in [3.8, 4) is 11.8 Å². The van der Waals surface area contributed by atoms with E-state index in [1.165, 1.54) is 13.1 Å². The molecule has 0 radical (unpaired) electrons. The maximum atomic E-state index is 11.9. The van der Waals surface area contributed by atoms with E-state index >= 15 is 0 Å². The van der Waals surface area contributed by atoms with Crippen molar-refractivity contribution in [1.29, 1.82) is 0 Å². The smallest absolute Gasteiger partial charge is 0.241 e. The summed E-state index contributed by atoms with van der Waals surface area (Å²) in [7, 11) is -2.17. The molecule has 1 saturated carbocycles. The molecule has 1 aliphatic rings. The van der Waals surface area contributed by atoms with Gasteiger partial charge in [0, 0.05) is 5.56 Å². The molecule has 0 amide bonds. The van der Waals surface area contributed by atoms with Gasteiger partial charge in [-0.15, -0.1) is 0 Å². The maximum absolute atomic E-state index is 11.9. The van der Waals surface area contributed by atoms with Crippen LogP contribution in [-0.2, 0) is 10.0 Å². The summed E-state index contributed by atoms with van der Waals surface area (Å²) < 4.78 is 26.1. The van der Waals surface area contributed by atoms with E-state index in [0.29, 0.717) is 18.4 Å². The molecule has 0 atom stereocenters. The molecule has 0 saturated heterocycles. The fourth-order valence-corrected chi connectivity index (χ4v) is 3.25. The monoisotopic (exact) mass is 293 g/mol. The van der Waals surface area contributed by atoms with Crippen molar-refractivity contribution in [3.63, 3.8) is 0 Å². The van der Waals surface area contributed by atoms with Crippen LogP contribution in [0.1, 0.15) is 37.7 Å². The highest BCUT2D eigenvalue weighted by atomic mass is 32.2. The standard InChI is InChI=1S/C15H19NO3S/c1-16-20(18,19)14-8-4-3-7-13(14)9-12-15(17)10-5-2-6-11-15/h3-4,7-8,16-17H,2,5-6,10-11H2,1H3. The first-order valence-electron chi connectivity index (χ1n) is 6.75. The van der Waals surface area contributed by atoms with Gasteiger partial charge in [-0.2, -0.15) is 0 Å². The first kappa shape index (κ1) is 15.0. The van der Waals surface area contributed by atoms with Crippen molar-refractivity contribution in [3.05, 3.63) is 29.8 Å². The lowest BCUT2D eigenvalue weighted by molar-refractivity contribution is 0.0610. The Bertz CT molecular complexity index is 635. The van der Waals surface area contributed by atoms with Crippen LogP contribution in [0.25, 0.3) is 0 Å². The van der Waals surface area contributed by atoms with Gasteiger partial charge >= 0.3 is 0 Å². The highest BCUT2D eigenvalue weighted by Gasteiger charge is 2.26. The van der Waals surface area contributed by atoms with E-state index < -0.39 is 15.6 Å². The van der Waals surface area contributed by atoms with E-state index in [4.69, 9.17) is 0 Å². The van der Waals surface area contributed by atoms with E-state index in [-0.39, 0.29) is 4.90 Å². The number of aliphatic hydroxyl groups is 1. The summed E-state index contributed by atoms with van der Waals surface area (Å²) in [5, 5.41) is 10.3. The molecular weight excluding hydrogens is 274 g/mol. The molecule has 0 bridgehead atoms. The van der Waals surface area contributed by atoms with Crippen molar-refractivity contribution < 1.29 is 13.5 Å². The van der Waals surface area contributed by atoms with Crippen molar-refractivity contribution >= 4 is 10.0 Å². The Kier molecular flexibility index (Phi) is 4.48. The molecular formula is C15H19NO3S. The molecule has 20 heavy (non-hydrogen) atoms. The lowest BCUT2D eigenvalue weighted by Gasteiger charge is -2.26. The van der Waals surface area contributed by atoms with E-state index in [9.17, 15) is 13.5 Å². The summed E-state index contributed by atoms with van der Waals surface area (Å²) in [5.41, 5.74) is -0.560. The van der Waals surface area contributed by atoms with Crippen LogP contribution in [0, 0.1) is 11.8 Å². The molecule has 108 valence electrons. The van der Waals surface area contributed by atoms with Gasteiger partial charge in [-0.05, 0) is 44.9 Å². The van der Waals surface area contributed by atoms with Crippen LogP contribution >= 0.6 is 0 Å². The third kappa shape index (κ3) is 3.40. The Morgan fingerprint density at radius 3 is 2.50 bits per heavy atom. The number of hydrogen-bond donors (Lipinski definition) is 2. The normalized spacial score (nSPS) is 18.1. The number of nitrogens with one attached hydrogen (secondary N) is 1. The van der Waals surface area contributed by atoms with Crippen molar-refractivity contribution in [2.75, 3.05) is 7.05 Å². The Morgan fingerprint density at radius 2 is 1.85 bits per heavy atom. The average molecular weight is 293 g/mol. The molecule has 0 aliphatic heterocycles. The molecule has 5 heteroatoms. The second-order valence-corrected chi connectivity index (χ2v) is 6.90. The van der Waals surface area contributed by atoms with Gasteiger partial charge in [-0.3, -0.25) is 0 Å². The molecule has 4 nitrogen and oxygen atoms in total. The predicted molar refractivity (Wildman–Crippen MR) is 77.6 cm³/mol. The fourth-order valence-electron chi connectivity index (χ4n) is 2.36.